The van der Waals surface area contributed by atoms with E-state index >= 15 is 0 Å². The van der Waals surface area contributed by atoms with Crippen molar-refractivity contribution in [1.82, 2.24) is 0 Å². The summed E-state index contributed by atoms with van der Waals surface area (Å²) in [5.41, 5.74) is 0. The van der Waals surface area contributed by atoms with Gasteiger partial charge >= 0.3 is 39.5 Å². The third-order valence-electron chi connectivity index (χ3n) is 15.5. The molecule has 19 heteroatoms. The molecule has 5 atom stereocenters. The Labute approximate surface area is 582 Å². The number of carbonyl (C=O) groups excluding carboxylic acids is 4. The minimum Gasteiger partial charge on any atom is -0.462 e. The van der Waals surface area contributed by atoms with E-state index in [0.29, 0.717) is 25.7 Å². The zero-order valence-corrected chi connectivity index (χ0v) is 62.1. The number of rotatable bonds is 70. The lowest BCUT2D eigenvalue weighted by atomic mass is 10.0. The molecule has 0 rings (SSSR count). The van der Waals surface area contributed by atoms with Crippen LogP contribution in [-0.4, -0.2) is 96.7 Å². The Kier molecular flexibility index (Phi) is 66.6. The van der Waals surface area contributed by atoms with Crippen LogP contribution in [0.2, 0.25) is 0 Å². The highest BCUT2D eigenvalue weighted by Crippen LogP contribution is 2.45. The fourth-order valence-electron chi connectivity index (χ4n) is 9.85. The molecule has 0 aliphatic carbocycles. The molecule has 0 heterocycles. The third kappa shape index (κ3) is 68.5. The van der Waals surface area contributed by atoms with E-state index in [4.69, 9.17) is 37.0 Å². The van der Waals surface area contributed by atoms with Crippen LogP contribution in [0.5, 0.6) is 0 Å². The highest BCUT2D eigenvalue weighted by molar-refractivity contribution is 7.47. The molecule has 0 bridgehead atoms. The van der Waals surface area contributed by atoms with Gasteiger partial charge in [-0.25, -0.2) is 9.13 Å². The first-order valence-electron chi connectivity index (χ1n) is 37.5. The normalized spacial score (nSPS) is 14.5. The second-order valence-corrected chi connectivity index (χ2v) is 27.7. The van der Waals surface area contributed by atoms with Crippen LogP contribution in [0.15, 0.2) is 97.2 Å². The van der Waals surface area contributed by atoms with Crippen LogP contribution in [0.4, 0.5) is 0 Å². The Morgan fingerprint density at radius 3 is 0.896 bits per heavy atom. The fraction of sp³-hybridized carbons (Fsp3) is 0.740. The second-order valence-electron chi connectivity index (χ2n) is 24.8. The molecule has 0 saturated heterocycles. The molecular weight excluding hydrogens is 1260 g/mol. The summed E-state index contributed by atoms with van der Waals surface area (Å²) in [5, 5.41) is 10.6. The Morgan fingerprint density at radius 2 is 0.552 bits per heavy atom. The van der Waals surface area contributed by atoms with Gasteiger partial charge in [0.15, 0.2) is 12.2 Å². The molecule has 0 fully saturated rings. The van der Waals surface area contributed by atoms with Crippen molar-refractivity contribution in [2.75, 3.05) is 39.6 Å². The van der Waals surface area contributed by atoms with E-state index in [9.17, 15) is 43.2 Å². The van der Waals surface area contributed by atoms with Crippen LogP contribution in [0.25, 0.3) is 0 Å². The summed E-state index contributed by atoms with van der Waals surface area (Å²) in [6.45, 7) is 4.56. The number of carbonyl (C=O) groups is 4. The van der Waals surface area contributed by atoms with E-state index in [2.05, 4.69) is 125 Å². The molecule has 0 aromatic heterocycles. The van der Waals surface area contributed by atoms with E-state index in [1.807, 2.05) is 0 Å². The highest BCUT2D eigenvalue weighted by Gasteiger charge is 2.30. The number of phosphoric ester groups is 2. The maximum atomic E-state index is 13.1. The average Bonchev–Trinajstić information content (AvgIpc) is 1.84. The number of unbranched alkanes of at least 4 members (excludes halogenated alkanes) is 28. The maximum Gasteiger partial charge on any atom is 0.472 e. The number of allylic oxidation sites excluding steroid dienone is 16. The van der Waals surface area contributed by atoms with Crippen LogP contribution in [0.3, 0.4) is 0 Å². The molecule has 0 aliphatic heterocycles. The molecule has 0 aliphatic rings. The van der Waals surface area contributed by atoms with Gasteiger partial charge in [0.1, 0.15) is 19.3 Å². The standard InChI is InChI=1S/C77H134O17P2/c1-5-9-13-17-21-25-29-32-34-35-37-40-43-46-50-54-58-62-75(80)87-67-72(93-76(81)63-59-55-51-47-41-28-24-20-16-12-8-4)69-91-95(83,84)89-65-71(78)66-90-96(85,86)92-70-73(94-77(82)64-60-56-52-48-44-38-31-27-23-19-15-11-7-3)68-88-74(79)61-57-53-49-45-42-39-36-33-30-26-22-18-14-10-6-2/h9-10,13-14,20-22,24-26,32-34,36,42,45,71-73,78H,5-8,11-12,15-19,23,27-31,35,37-41,43-44,46-70H2,1-4H3,(H,83,84)(H,85,86)/b13-9-,14-10-,24-20-,25-21-,26-22-,34-32-,36-33-,45-42-. The van der Waals surface area contributed by atoms with E-state index in [1.54, 1.807) is 0 Å². The van der Waals surface area contributed by atoms with Gasteiger partial charge in [-0.15, -0.1) is 0 Å². The van der Waals surface area contributed by atoms with Gasteiger partial charge in [-0.3, -0.25) is 37.3 Å². The summed E-state index contributed by atoms with van der Waals surface area (Å²) in [6.07, 6.45) is 71.2. The SMILES string of the molecule is CC/C=C\C/C=C\C/C=C\C/C=C\CCCCC(=O)OCC(COP(=O)(O)OCC(O)COP(=O)(O)OCC(COC(=O)CCCCCCCCC/C=C\C/C=C\C/C=C\CC)OC(=O)CCCCCCC/C=C\CCCC)OC(=O)CCCCCCCCCCCCCCC. The first kappa shape index (κ1) is 92.0. The van der Waals surface area contributed by atoms with Gasteiger partial charge in [0.2, 0.25) is 0 Å². The quantitative estimate of drug-likeness (QED) is 0.0169. The summed E-state index contributed by atoms with van der Waals surface area (Å²) in [6, 6.07) is 0. The minimum absolute atomic E-state index is 0.0817. The Morgan fingerprint density at radius 1 is 0.302 bits per heavy atom. The molecule has 0 aromatic rings. The molecular formula is C77H134O17P2. The lowest BCUT2D eigenvalue weighted by molar-refractivity contribution is -0.161. The van der Waals surface area contributed by atoms with Gasteiger partial charge in [-0.1, -0.05) is 266 Å². The lowest BCUT2D eigenvalue weighted by Crippen LogP contribution is -2.30. The van der Waals surface area contributed by atoms with Crippen LogP contribution in [0.1, 0.15) is 310 Å². The summed E-state index contributed by atoms with van der Waals surface area (Å²) in [7, 11) is -9.95. The molecule has 554 valence electrons. The van der Waals surface area contributed by atoms with E-state index in [1.165, 1.54) is 64.2 Å². The molecule has 0 radical (unpaired) electrons. The van der Waals surface area contributed by atoms with Crippen molar-refractivity contribution in [1.29, 1.82) is 0 Å². The smallest absolute Gasteiger partial charge is 0.462 e. The minimum atomic E-state index is -4.98. The van der Waals surface area contributed by atoms with Gasteiger partial charge in [0.25, 0.3) is 0 Å². The summed E-state index contributed by atoms with van der Waals surface area (Å²) < 4.78 is 68.3. The second kappa shape index (κ2) is 69.5. The molecule has 96 heavy (non-hydrogen) atoms. The fourth-order valence-corrected chi connectivity index (χ4v) is 11.4. The number of hydrogen-bond acceptors (Lipinski definition) is 15. The average molecular weight is 1390 g/mol. The van der Waals surface area contributed by atoms with E-state index < -0.39 is 97.5 Å². The predicted octanol–water partition coefficient (Wildman–Crippen LogP) is 21.2. The van der Waals surface area contributed by atoms with Crippen molar-refractivity contribution in [2.45, 2.75) is 329 Å². The van der Waals surface area contributed by atoms with Crippen LogP contribution in [0, 0.1) is 0 Å². The highest BCUT2D eigenvalue weighted by atomic mass is 31.2. The number of esters is 4. The molecule has 0 saturated carbocycles. The number of aliphatic hydroxyl groups is 1. The van der Waals surface area contributed by atoms with Crippen LogP contribution < -0.4 is 0 Å². The predicted molar refractivity (Wildman–Crippen MR) is 390 cm³/mol. The Hall–Kier alpha value is -4.02. The van der Waals surface area contributed by atoms with E-state index in [0.717, 1.165) is 167 Å². The molecule has 0 amide bonds. The van der Waals surface area contributed by atoms with Gasteiger partial charge in [-0.05, 0) is 116 Å². The zero-order valence-electron chi connectivity index (χ0n) is 60.3. The largest absolute Gasteiger partial charge is 0.472 e. The Balaban J connectivity index is 5.33. The third-order valence-corrected chi connectivity index (χ3v) is 17.4. The van der Waals surface area contributed by atoms with Crippen LogP contribution in [-0.2, 0) is 65.4 Å². The van der Waals surface area contributed by atoms with Gasteiger partial charge in [0, 0.05) is 25.7 Å². The maximum absolute atomic E-state index is 13.1. The number of aliphatic hydroxyl groups excluding tert-OH is 1. The van der Waals surface area contributed by atoms with Crippen LogP contribution >= 0.6 is 15.6 Å². The van der Waals surface area contributed by atoms with Crippen molar-refractivity contribution in [3.05, 3.63) is 97.2 Å². The molecule has 0 aromatic carbocycles. The first-order chi connectivity index (χ1) is 46.7. The van der Waals surface area contributed by atoms with Crippen molar-refractivity contribution in [2.24, 2.45) is 0 Å². The summed E-state index contributed by atoms with van der Waals surface area (Å²) in [4.78, 5) is 72.7. The van der Waals surface area contributed by atoms with Crippen molar-refractivity contribution >= 4 is 39.5 Å². The van der Waals surface area contributed by atoms with E-state index in [-0.39, 0.29) is 25.7 Å². The van der Waals surface area contributed by atoms with Crippen molar-refractivity contribution < 1.29 is 80.2 Å². The first-order valence-corrected chi connectivity index (χ1v) is 40.5. The topological polar surface area (TPSA) is 237 Å². The zero-order chi connectivity index (χ0) is 70.4. The monoisotopic (exact) mass is 1390 g/mol. The van der Waals surface area contributed by atoms with Gasteiger partial charge < -0.3 is 33.8 Å². The molecule has 5 unspecified atom stereocenters. The summed E-state index contributed by atoms with van der Waals surface area (Å²) >= 11 is 0. The van der Waals surface area contributed by atoms with Gasteiger partial charge in [0.05, 0.1) is 26.4 Å². The van der Waals surface area contributed by atoms with Gasteiger partial charge in [-0.2, -0.15) is 0 Å². The number of hydrogen-bond donors (Lipinski definition) is 3. The summed E-state index contributed by atoms with van der Waals surface area (Å²) in [5.74, 6) is -2.23. The molecule has 17 nitrogen and oxygen atoms in total. The van der Waals surface area contributed by atoms with Crippen molar-refractivity contribution in [3.63, 3.8) is 0 Å². The molecule has 0 spiro atoms. The Bertz CT molecular complexity index is 2200. The molecule has 3 N–H and O–H groups in total. The number of ether oxygens (including phenoxy) is 4. The lowest BCUT2D eigenvalue weighted by Gasteiger charge is -2.21. The van der Waals surface area contributed by atoms with Crippen molar-refractivity contribution in [3.8, 4) is 0 Å². The number of phosphoric acid groups is 2.